The molecule has 0 amide bonds. The first kappa shape index (κ1) is 26.2. The Morgan fingerprint density at radius 2 is 1.20 bits per heavy atom. The smallest absolute Gasteiger partial charge is 0.00514 e. The Kier molecular flexibility index (Phi) is 13.0. The summed E-state index contributed by atoms with van der Waals surface area (Å²) in [6.45, 7) is 17.7. The van der Waals surface area contributed by atoms with E-state index in [0.29, 0.717) is 5.41 Å². The van der Waals surface area contributed by atoms with E-state index in [1.807, 2.05) is 0 Å². The van der Waals surface area contributed by atoms with Crippen molar-refractivity contribution in [2.75, 3.05) is 39.3 Å². The van der Waals surface area contributed by atoms with Gasteiger partial charge in [-0.3, -0.25) is 0 Å². The number of rotatable bonds is 17. The minimum Gasteiger partial charge on any atom is -0.303 e. The van der Waals surface area contributed by atoms with Crippen LogP contribution in [0.25, 0.3) is 0 Å². The Labute approximate surface area is 190 Å². The first-order valence-corrected chi connectivity index (χ1v) is 14.1. The molecule has 2 atom stereocenters. The van der Waals surface area contributed by atoms with Crippen molar-refractivity contribution >= 4 is 0 Å². The second-order valence-corrected chi connectivity index (χ2v) is 11.1. The molecule has 30 heavy (non-hydrogen) atoms. The van der Waals surface area contributed by atoms with E-state index in [0.717, 1.165) is 11.8 Å². The fourth-order valence-corrected chi connectivity index (χ4v) is 6.08. The van der Waals surface area contributed by atoms with Crippen LogP contribution in [0.15, 0.2) is 0 Å². The molecule has 2 unspecified atom stereocenters. The third-order valence-electron chi connectivity index (χ3n) is 8.36. The van der Waals surface area contributed by atoms with Crippen molar-refractivity contribution in [1.82, 2.24) is 9.80 Å². The fourth-order valence-electron chi connectivity index (χ4n) is 6.08. The predicted molar refractivity (Wildman–Crippen MR) is 134 cm³/mol. The first-order valence-electron chi connectivity index (χ1n) is 14.1. The summed E-state index contributed by atoms with van der Waals surface area (Å²) in [5, 5.41) is 0. The Bertz CT molecular complexity index is 405. The molecule has 2 nitrogen and oxygen atoms in total. The van der Waals surface area contributed by atoms with Crippen molar-refractivity contribution in [2.45, 2.75) is 124 Å². The van der Waals surface area contributed by atoms with Crippen molar-refractivity contribution in [3.8, 4) is 0 Å². The zero-order chi connectivity index (χ0) is 21.7. The molecular formula is C28H56N2. The number of nitrogens with zero attached hydrogens (tertiary/aromatic N) is 2. The maximum Gasteiger partial charge on any atom is 0.00514 e. The second kappa shape index (κ2) is 14.9. The molecule has 0 aromatic rings. The fraction of sp³-hybridized carbons (Fsp3) is 1.00. The van der Waals surface area contributed by atoms with E-state index in [-0.39, 0.29) is 0 Å². The summed E-state index contributed by atoms with van der Waals surface area (Å²) in [4.78, 5) is 5.58. The normalized spacial score (nSPS) is 21.6. The first-order chi connectivity index (χ1) is 14.6. The highest BCUT2D eigenvalue weighted by Crippen LogP contribution is 2.41. The Morgan fingerprint density at radius 3 is 1.80 bits per heavy atom. The second-order valence-electron chi connectivity index (χ2n) is 11.1. The van der Waals surface area contributed by atoms with E-state index >= 15 is 0 Å². The van der Waals surface area contributed by atoms with Crippen LogP contribution < -0.4 is 0 Å². The lowest BCUT2D eigenvalue weighted by atomic mass is 9.71. The van der Waals surface area contributed by atoms with Gasteiger partial charge in [-0.25, -0.2) is 0 Å². The standard InChI is InChI=1S/C28H56N2/c1-5-9-12-16-27(15-11-7-3)17-13-20-30-24-28(25-30)18-21-29(22-19-28)23-26(8-4)14-10-6-2/h26-27H,5-25H2,1-4H3. The Hall–Kier alpha value is -0.0800. The summed E-state index contributed by atoms with van der Waals surface area (Å²) < 4.78 is 0. The molecule has 2 rings (SSSR count). The van der Waals surface area contributed by atoms with Gasteiger partial charge in [-0.15, -0.1) is 0 Å². The Morgan fingerprint density at radius 1 is 0.633 bits per heavy atom. The number of hydrogen-bond donors (Lipinski definition) is 0. The maximum atomic E-state index is 2.80. The number of unbranched alkanes of at least 4 members (excludes halogenated alkanes) is 4. The highest BCUT2D eigenvalue weighted by atomic mass is 15.2. The van der Waals surface area contributed by atoms with E-state index < -0.39 is 0 Å². The van der Waals surface area contributed by atoms with Crippen molar-refractivity contribution in [1.29, 1.82) is 0 Å². The van der Waals surface area contributed by atoms with Crippen molar-refractivity contribution < 1.29 is 0 Å². The van der Waals surface area contributed by atoms with Gasteiger partial charge in [0.05, 0.1) is 0 Å². The van der Waals surface area contributed by atoms with E-state index in [1.165, 1.54) is 136 Å². The van der Waals surface area contributed by atoms with Crippen LogP contribution in [-0.2, 0) is 0 Å². The highest BCUT2D eigenvalue weighted by Gasteiger charge is 2.44. The van der Waals surface area contributed by atoms with E-state index in [4.69, 9.17) is 0 Å². The number of likely N-dealkylation sites (tertiary alicyclic amines) is 2. The van der Waals surface area contributed by atoms with Crippen molar-refractivity contribution in [2.24, 2.45) is 17.3 Å². The summed E-state index contributed by atoms with van der Waals surface area (Å²) in [6, 6.07) is 0. The van der Waals surface area contributed by atoms with Crippen LogP contribution in [0.4, 0.5) is 0 Å². The Balaban J connectivity index is 1.59. The van der Waals surface area contributed by atoms with Crippen LogP contribution in [0.2, 0.25) is 0 Å². The molecule has 2 heterocycles. The molecule has 0 N–H and O–H groups in total. The van der Waals surface area contributed by atoms with Gasteiger partial charge in [0.1, 0.15) is 0 Å². The van der Waals surface area contributed by atoms with Gasteiger partial charge in [0.2, 0.25) is 0 Å². The van der Waals surface area contributed by atoms with E-state index in [2.05, 4.69) is 37.5 Å². The molecule has 1 spiro atoms. The van der Waals surface area contributed by atoms with Crippen LogP contribution >= 0.6 is 0 Å². The molecule has 0 radical (unpaired) electrons. The lowest BCUT2D eigenvalue weighted by molar-refractivity contribution is -0.0495. The van der Waals surface area contributed by atoms with Gasteiger partial charge in [-0.1, -0.05) is 91.9 Å². The van der Waals surface area contributed by atoms with E-state index in [1.54, 1.807) is 0 Å². The SMILES string of the molecule is CCCCCC(CCCC)CCCN1CC2(CCN(CC(CC)CCCC)CC2)C1. The van der Waals surface area contributed by atoms with Gasteiger partial charge in [-0.05, 0) is 69.0 Å². The lowest BCUT2D eigenvalue weighted by Crippen LogP contribution is -2.60. The molecule has 178 valence electrons. The topological polar surface area (TPSA) is 6.48 Å². The molecule has 2 aliphatic heterocycles. The van der Waals surface area contributed by atoms with Gasteiger partial charge in [-0.2, -0.15) is 0 Å². The average Bonchev–Trinajstić information content (AvgIpc) is 2.74. The molecule has 2 aliphatic rings. The quantitative estimate of drug-likeness (QED) is 0.222. The maximum absolute atomic E-state index is 2.80. The average molecular weight is 421 g/mol. The lowest BCUT2D eigenvalue weighted by Gasteiger charge is -2.54. The van der Waals surface area contributed by atoms with Gasteiger partial charge in [0, 0.05) is 19.6 Å². The summed E-state index contributed by atoms with van der Waals surface area (Å²) >= 11 is 0. The zero-order valence-electron chi connectivity index (χ0n) is 21.4. The molecule has 2 saturated heterocycles. The largest absolute Gasteiger partial charge is 0.303 e. The van der Waals surface area contributed by atoms with Gasteiger partial charge in [0.25, 0.3) is 0 Å². The van der Waals surface area contributed by atoms with Crippen LogP contribution in [0.1, 0.15) is 124 Å². The number of hydrogen-bond acceptors (Lipinski definition) is 2. The highest BCUT2D eigenvalue weighted by molar-refractivity contribution is 4.98. The minimum absolute atomic E-state index is 0.699. The van der Waals surface area contributed by atoms with Gasteiger partial charge < -0.3 is 9.80 Å². The number of piperidine rings is 1. The van der Waals surface area contributed by atoms with Gasteiger partial charge in [0.15, 0.2) is 0 Å². The van der Waals surface area contributed by atoms with Crippen LogP contribution in [-0.4, -0.2) is 49.1 Å². The van der Waals surface area contributed by atoms with Crippen LogP contribution in [0.3, 0.4) is 0 Å². The third kappa shape index (κ3) is 9.19. The summed E-state index contributed by atoms with van der Waals surface area (Å²) in [5.74, 6) is 1.95. The molecule has 0 aliphatic carbocycles. The zero-order valence-corrected chi connectivity index (χ0v) is 21.4. The summed E-state index contributed by atoms with van der Waals surface area (Å²) in [7, 11) is 0. The van der Waals surface area contributed by atoms with Crippen molar-refractivity contribution in [3.63, 3.8) is 0 Å². The molecule has 2 heteroatoms. The predicted octanol–water partition coefficient (Wildman–Crippen LogP) is 7.77. The van der Waals surface area contributed by atoms with Crippen molar-refractivity contribution in [3.05, 3.63) is 0 Å². The molecule has 0 aromatic carbocycles. The van der Waals surface area contributed by atoms with E-state index in [9.17, 15) is 0 Å². The van der Waals surface area contributed by atoms with Crippen LogP contribution in [0, 0.1) is 17.3 Å². The summed E-state index contributed by atoms with van der Waals surface area (Å²) in [6.07, 6.45) is 21.5. The minimum atomic E-state index is 0.699. The molecule has 0 aromatic heterocycles. The van der Waals surface area contributed by atoms with Crippen LogP contribution in [0.5, 0.6) is 0 Å². The summed E-state index contributed by atoms with van der Waals surface area (Å²) in [5.41, 5.74) is 0.699. The third-order valence-corrected chi connectivity index (χ3v) is 8.36. The molecule has 2 fully saturated rings. The molecule has 0 saturated carbocycles. The molecular weight excluding hydrogens is 364 g/mol. The van der Waals surface area contributed by atoms with Gasteiger partial charge >= 0.3 is 0 Å². The molecule has 0 bridgehead atoms. The monoisotopic (exact) mass is 420 g/mol.